The van der Waals surface area contributed by atoms with Crippen LogP contribution in [0.2, 0.25) is 0 Å². The Hall–Kier alpha value is -0.770. The highest BCUT2D eigenvalue weighted by Gasteiger charge is 2.59. The quantitative estimate of drug-likeness (QED) is 0.233. The number of carbonyl (C=O) groups is 1. The Morgan fingerprint density at radius 1 is 0.920 bits per heavy atom. The van der Waals surface area contributed by atoms with Crippen LogP contribution in [0.1, 0.15) is 6.92 Å². The molecular formula is C13H22O12. The van der Waals surface area contributed by atoms with Crippen molar-refractivity contribution in [3.05, 3.63) is 0 Å². The van der Waals surface area contributed by atoms with Crippen LogP contribution >= 0.6 is 0 Å². The molecule has 12 heteroatoms. The van der Waals surface area contributed by atoms with Gasteiger partial charge in [-0.05, 0) is 6.92 Å². The van der Waals surface area contributed by atoms with E-state index in [1.165, 1.54) is 0 Å². The molecule has 0 aromatic carbocycles. The molecule has 25 heavy (non-hydrogen) atoms. The summed E-state index contributed by atoms with van der Waals surface area (Å²) in [7, 11) is 0. The number of Topliss-reactive ketones (excluding diaryl/α,β-unsaturated/α-hetero) is 1. The van der Waals surface area contributed by atoms with Crippen LogP contribution < -0.4 is 0 Å². The molecule has 8 N–H and O–H groups in total. The number of ether oxygens (including phenoxy) is 3. The smallest absolute Gasteiger partial charge is 0.189 e. The molecule has 2 fully saturated rings. The van der Waals surface area contributed by atoms with Crippen molar-refractivity contribution >= 4 is 5.78 Å². The third-order valence-electron chi connectivity index (χ3n) is 4.40. The Balaban J connectivity index is 2.31. The number of rotatable bonds is 4. The van der Waals surface area contributed by atoms with Crippen molar-refractivity contribution in [3.8, 4) is 0 Å². The predicted molar refractivity (Wildman–Crippen MR) is 73.4 cm³/mol. The molecule has 2 rings (SSSR count). The van der Waals surface area contributed by atoms with Gasteiger partial charge in [0.25, 0.3) is 0 Å². The lowest BCUT2D eigenvalue weighted by Gasteiger charge is -2.49. The first-order valence-electron chi connectivity index (χ1n) is 7.44. The summed E-state index contributed by atoms with van der Waals surface area (Å²) in [5.41, 5.74) is -2.31. The van der Waals surface area contributed by atoms with E-state index in [2.05, 4.69) is 0 Å². The number of hydrogen-bond donors (Lipinski definition) is 8. The molecule has 2 aliphatic heterocycles. The van der Waals surface area contributed by atoms with Crippen molar-refractivity contribution < 1.29 is 59.9 Å². The van der Waals surface area contributed by atoms with E-state index >= 15 is 0 Å². The van der Waals surface area contributed by atoms with E-state index in [9.17, 15) is 45.6 Å². The van der Waals surface area contributed by atoms with E-state index in [1.807, 2.05) is 0 Å². The monoisotopic (exact) mass is 370 g/mol. The van der Waals surface area contributed by atoms with E-state index in [1.54, 1.807) is 0 Å². The zero-order valence-corrected chi connectivity index (χ0v) is 13.1. The van der Waals surface area contributed by atoms with Crippen LogP contribution in [0.5, 0.6) is 0 Å². The minimum Gasteiger partial charge on any atom is -0.393 e. The zero-order valence-electron chi connectivity index (χ0n) is 13.1. The molecule has 2 heterocycles. The average molecular weight is 370 g/mol. The Morgan fingerprint density at radius 3 is 2.00 bits per heavy atom. The molecule has 2 saturated heterocycles. The molecule has 0 bridgehead atoms. The topological polar surface area (TPSA) is 207 Å². The van der Waals surface area contributed by atoms with E-state index in [0.717, 1.165) is 6.92 Å². The minimum atomic E-state index is -2.31. The van der Waals surface area contributed by atoms with Crippen LogP contribution in [0.15, 0.2) is 0 Å². The van der Waals surface area contributed by atoms with Crippen LogP contribution in [0.4, 0.5) is 0 Å². The van der Waals surface area contributed by atoms with Gasteiger partial charge in [0.2, 0.25) is 0 Å². The fourth-order valence-corrected chi connectivity index (χ4v) is 2.78. The van der Waals surface area contributed by atoms with E-state index < -0.39 is 73.5 Å². The van der Waals surface area contributed by atoms with Crippen LogP contribution in [0.25, 0.3) is 0 Å². The SMILES string of the molecule is CC(=O)[C@]1(CO)O[C@@H](O)[C@H](O)[C@H](O)[C@@H]1O[C@@H]1O[C@H](O)[C@@H](O)[C@H](O)[C@H]1O. The van der Waals surface area contributed by atoms with Gasteiger partial charge in [-0.1, -0.05) is 0 Å². The standard InChI is InChI=1S/C13H22O12/c1-3(15)13(2-14)9(5(17)7(19)11(22)25-13)23-12-8(20)4(16)6(18)10(21)24-12/h4-12,14,16-22H,2H2,1H3/t4-,5-,6-,7+,8+,9-,10-,11+,12+,13-/m0/s1. The van der Waals surface area contributed by atoms with Gasteiger partial charge in [0.05, 0.1) is 6.61 Å². The summed E-state index contributed by atoms with van der Waals surface area (Å²) in [6.07, 6.45) is -17.2. The van der Waals surface area contributed by atoms with Gasteiger partial charge < -0.3 is 55.1 Å². The summed E-state index contributed by atoms with van der Waals surface area (Å²) in [6.45, 7) is -0.0975. The molecule has 10 atom stereocenters. The fourth-order valence-electron chi connectivity index (χ4n) is 2.78. The first-order valence-corrected chi connectivity index (χ1v) is 7.44. The number of hydrogen-bond acceptors (Lipinski definition) is 12. The summed E-state index contributed by atoms with van der Waals surface area (Å²) < 4.78 is 14.9. The highest BCUT2D eigenvalue weighted by molar-refractivity contribution is 5.86. The normalized spacial score (nSPS) is 51.3. The minimum absolute atomic E-state index is 0.878. The van der Waals surface area contributed by atoms with Crippen LogP contribution in [0.3, 0.4) is 0 Å². The van der Waals surface area contributed by atoms with Crippen molar-refractivity contribution in [2.75, 3.05) is 6.61 Å². The Labute approximate surface area is 141 Å². The lowest BCUT2D eigenvalue weighted by atomic mass is 9.84. The summed E-state index contributed by atoms with van der Waals surface area (Å²) in [5.74, 6) is -0.878. The molecule has 0 amide bonds. The first kappa shape index (κ1) is 20.5. The van der Waals surface area contributed by atoms with Crippen molar-refractivity contribution in [2.45, 2.75) is 68.0 Å². The second kappa shape index (κ2) is 7.46. The molecule has 0 aromatic heterocycles. The third-order valence-corrected chi connectivity index (χ3v) is 4.40. The van der Waals surface area contributed by atoms with Crippen molar-refractivity contribution in [3.63, 3.8) is 0 Å². The molecule has 2 aliphatic rings. The van der Waals surface area contributed by atoms with Crippen LogP contribution in [-0.4, -0.2) is 114 Å². The van der Waals surface area contributed by atoms with Gasteiger partial charge >= 0.3 is 0 Å². The fraction of sp³-hybridized carbons (Fsp3) is 0.923. The lowest BCUT2D eigenvalue weighted by molar-refractivity contribution is -0.385. The van der Waals surface area contributed by atoms with E-state index in [-0.39, 0.29) is 0 Å². The van der Waals surface area contributed by atoms with Crippen LogP contribution in [-0.2, 0) is 19.0 Å². The third kappa shape index (κ3) is 3.43. The maximum atomic E-state index is 12.0. The van der Waals surface area contributed by atoms with E-state index in [4.69, 9.17) is 14.2 Å². The molecule has 0 radical (unpaired) electrons. The molecule has 0 unspecified atom stereocenters. The molecule has 0 saturated carbocycles. The summed E-state index contributed by atoms with van der Waals surface area (Å²) in [6, 6.07) is 0. The van der Waals surface area contributed by atoms with Crippen LogP contribution in [0, 0.1) is 0 Å². The maximum absolute atomic E-state index is 12.0. The van der Waals surface area contributed by atoms with Gasteiger partial charge in [-0.15, -0.1) is 0 Å². The summed E-state index contributed by atoms with van der Waals surface area (Å²) >= 11 is 0. The Bertz CT molecular complexity index is 488. The number of aliphatic hydroxyl groups is 8. The largest absolute Gasteiger partial charge is 0.393 e. The van der Waals surface area contributed by atoms with Crippen molar-refractivity contribution in [1.82, 2.24) is 0 Å². The van der Waals surface area contributed by atoms with Gasteiger partial charge in [0.15, 0.2) is 30.3 Å². The van der Waals surface area contributed by atoms with Crippen molar-refractivity contribution in [1.29, 1.82) is 0 Å². The second-order valence-corrected chi connectivity index (χ2v) is 6.02. The number of aliphatic hydroxyl groups excluding tert-OH is 8. The molecular weight excluding hydrogens is 348 g/mol. The molecule has 0 aromatic rings. The highest BCUT2D eigenvalue weighted by atomic mass is 16.8. The van der Waals surface area contributed by atoms with Gasteiger partial charge in [0.1, 0.15) is 36.6 Å². The van der Waals surface area contributed by atoms with E-state index in [0.29, 0.717) is 0 Å². The lowest BCUT2D eigenvalue weighted by Crippen LogP contribution is -2.71. The first-order chi connectivity index (χ1) is 11.6. The van der Waals surface area contributed by atoms with Gasteiger partial charge in [-0.25, -0.2) is 0 Å². The Morgan fingerprint density at radius 2 is 1.48 bits per heavy atom. The molecule has 0 spiro atoms. The van der Waals surface area contributed by atoms with Gasteiger partial charge in [0, 0.05) is 0 Å². The number of carbonyl (C=O) groups excluding carboxylic acids is 1. The summed E-state index contributed by atoms with van der Waals surface area (Å²) in [4.78, 5) is 12.0. The summed E-state index contributed by atoms with van der Waals surface area (Å²) in [5, 5.41) is 77.5. The molecule has 146 valence electrons. The van der Waals surface area contributed by atoms with Crippen molar-refractivity contribution in [2.24, 2.45) is 0 Å². The predicted octanol–water partition coefficient (Wildman–Crippen LogP) is -5.48. The van der Waals surface area contributed by atoms with Gasteiger partial charge in [-0.3, -0.25) is 4.79 Å². The molecule has 12 nitrogen and oxygen atoms in total. The maximum Gasteiger partial charge on any atom is 0.189 e. The Kier molecular flexibility index (Phi) is 6.13. The average Bonchev–Trinajstić information content (AvgIpc) is 2.57. The number of ketones is 1. The highest BCUT2D eigenvalue weighted by Crippen LogP contribution is 2.34. The molecule has 0 aliphatic carbocycles. The van der Waals surface area contributed by atoms with Gasteiger partial charge in [-0.2, -0.15) is 0 Å². The second-order valence-electron chi connectivity index (χ2n) is 6.02. The zero-order chi connectivity index (χ0) is 19.1.